The van der Waals surface area contributed by atoms with Crippen LogP contribution in [0.5, 0.6) is 11.5 Å². The van der Waals surface area contributed by atoms with Gasteiger partial charge in [-0.05, 0) is 55.0 Å². The molecule has 3 aromatic rings. The zero-order valence-corrected chi connectivity index (χ0v) is 16.5. The van der Waals surface area contributed by atoms with E-state index in [4.69, 9.17) is 14.2 Å². The minimum Gasteiger partial charge on any atom is -0.457 e. The van der Waals surface area contributed by atoms with E-state index in [2.05, 4.69) is 32.9 Å². The average molecular weight is 430 g/mol. The van der Waals surface area contributed by atoms with Gasteiger partial charge in [0.05, 0.1) is 12.7 Å². The molecule has 0 radical (unpaired) electrons. The van der Waals surface area contributed by atoms with Crippen LogP contribution in [0.1, 0.15) is 18.9 Å². The molecule has 2 atom stereocenters. The Morgan fingerprint density at radius 3 is 2.44 bits per heavy atom. The number of hydrogen-bond donors (Lipinski definition) is 0. The van der Waals surface area contributed by atoms with E-state index in [1.807, 2.05) is 48.5 Å². The number of rotatable bonds is 6. The SMILES string of the molecule is CCC1COC(Cn2cncn2)(c2ccc(Oc3ccc(Br)cc3)cc2)O1. The predicted molar refractivity (Wildman–Crippen MR) is 103 cm³/mol. The van der Waals surface area contributed by atoms with Gasteiger partial charge in [-0.2, -0.15) is 5.10 Å². The molecule has 2 aromatic carbocycles. The summed E-state index contributed by atoms with van der Waals surface area (Å²) in [6.07, 6.45) is 4.13. The van der Waals surface area contributed by atoms with Gasteiger partial charge < -0.3 is 14.2 Å². The highest BCUT2D eigenvalue weighted by Crippen LogP contribution is 2.37. The molecule has 7 heteroatoms. The van der Waals surface area contributed by atoms with Gasteiger partial charge in [0.15, 0.2) is 0 Å². The molecule has 0 aliphatic carbocycles. The third-order valence-corrected chi connectivity index (χ3v) is 5.02. The van der Waals surface area contributed by atoms with E-state index >= 15 is 0 Å². The van der Waals surface area contributed by atoms with E-state index in [0.717, 1.165) is 28.0 Å². The lowest BCUT2D eigenvalue weighted by Gasteiger charge is -2.28. The summed E-state index contributed by atoms with van der Waals surface area (Å²) in [6, 6.07) is 15.5. The summed E-state index contributed by atoms with van der Waals surface area (Å²) in [7, 11) is 0. The Kier molecular flexibility index (Phi) is 5.24. The normalized spacial score (nSPS) is 22.1. The topological polar surface area (TPSA) is 58.4 Å². The number of halogens is 1. The van der Waals surface area contributed by atoms with Gasteiger partial charge in [-0.3, -0.25) is 0 Å². The molecule has 6 nitrogen and oxygen atoms in total. The first-order valence-electron chi connectivity index (χ1n) is 8.85. The molecule has 1 fully saturated rings. The second-order valence-corrected chi connectivity index (χ2v) is 7.30. The van der Waals surface area contributed by atoms with Crippen LogP contribution < -0.4 is 4.74 Å². The zero-order valence-electron chi connectivity index (χ0n) is 14.9. The molecule has 1 aliphatic rings. The Bertz CT molecular complexity index is 869. The molecule has 0 N–H and O–H groups in total. The van der Waals surface area contributed by atoms with Crippen molar-refractivity contribution in [1.82, 2.24) is 14.8 Å². The largest absolute Gasteiger partial charge is 0.457 e. The molecule has 1 aliphatic heterocycles. The summed E-state index contributed by atoms with van der Waals surface area (Å²) >= 11 is 3.42. The number of aromatic nitrogens is 3. The van der Waals surface area contributed by atoms with Crippen LogP contribution in [-0.2, 0) is 21.8 Å². The molecule has 2 heterocycles. The fourth-order valence-corrected chi connectivity index (χ4v) is 3.30. The maximum absolute atomic E-state index is 6.27. The van der Waals surface area contributed by atoms with Gasteiger partial charge in [0.25, 0.3) is 0 Å². The van der Waals surface area contributed by atoms with Crippen molar-refractivity contribution in [2.75, 3.05) is 6.61 Å². The van der Waals surface area contributed by atoms with Crippen LogP contribution in [0.15, 0.2) is 65.7 Å². The van der Waals surface area contributed by atoms with E-state index in [-0.39, 0.29) is 6.10 Å². The molecule has 4 rings (SSSR count). The highest BCUT2D eigenvalue weighted by atomic mass is 79.9. The van der Waals surface area contributed by atoms with Crippen LogP contribution in [0.3, 0.4) is 0 Å². The molecule has 0 spiro atoms. The Morgan fingerprint density at radius 2 is 1.85 bits per heavy atom. The molecular formula is C20H20BrN3O3. The molecule has 2 unspecified atom stereocenters. The lowest BCUT2D eigenvalue weighted by Crippen LogP contribution is -2.33. The molecule has 0 bridgehead atoms. The average Bonchev–Trinajstić information content (AvgIpc) is 3.35. The monoisotopic (exact) mass is 429 g/mol. The fourth-order valence-electron chi connectivity index (χ4n) is 3.03. The minimum absolute atomic E-state index is 0.0622. The van der Waals surface area contributed by atoms with Crippen molar-refractivity contribution in [1.29, 1.82) is 0 Å². The van der Waals surface area contributed by atoms with Crippen molar-refractivity contribution in [3.05, 3.63) is 71.2 Å². The van der Waals surface area contributed by atoms with E-state index in [0.29, 0.717) is 13.2 Å². The van der Waals surface area contributed by atoms with Crippen molar-refractivity contribution >= 4 is 15.9 Å². The Labute approximate surface area is 166 Å². The van der Waals surface area contributed by atoms with Crippen LogP contribution in [0, 0.1) is 0 Å². The van der Waals surface area contributed by atoms with Gasteiger partial charge in [0.1, 0.15) is 30.7 Å². The third kappa shape index (κ3) is 4.05. The molecule has 140 valence electrons. The zero-order chi connectivity index (χ0) is 18.7. The second kappa shape index (κ2) is 7.80. The molecule has 0 amide bonds. The Hall–Kier alpha value is -2.22. The summed E-state index contributed by atoms with van der Waals surface area (Å²) < 4.78 is 21.0. The lowest BCUT2D eigenvalue weighted by molar-refractivity contribution is -0.188. The standard InChI is InChI=1S/C20H20BrN3O3/c1-2-17-11-25-20(27-17,12-24-14-22-13-23-24)15-3-7-18(8-4-15)26-19-9-5-16(21)6-10-19/h3-10,13-14,17H,2,11-12H2,1H3. The molecular weight excluding hydrogens is 410 g/mol. The first-order valence-corrected chi connectivity index (χ1v) is 9.64. The van der Waals surface area contributed by atoms with Gasteiger partial charge in [0, 0.05) is 10.0 Å². The highest BCUT2D eigenvalue weighted by Gasteiger charge is 2.43. The van der Waals surface area contributed by atoms with Crippen molar-refractivity contribution in [3.8, 4) is 11.5 Å². The highest BCUT2D eigenvalue weighted by molar-refractivity contribution is 9.10. The summed E-state index contributed by atoms with van der Waals surface area (Å²) in [6.45, 7) is 3.09. The number of hydrogen-bond acceptors (Lipinski definition) is 5. The number of ether oxygens (including phenoxy) is 3. The summed E-state index contributed by atoms with van der Waals surface area (Å²) in [5.74, 6) is 0.662. The van der Waals surface area contributed by atoms with E-state index in [1.54, 1.807) is 11.0 Å². The summed E-state index contributed by atoms with van der Waals surface area (Å²) in [4.78, 5) is 4.01. The summed E-state index contributed by atoms with van der Waals surface area (Å²) in [5, 5.41) is 4.20. The van der Waals surface area contributed by atoms with Crippen molar-refractivity contribution < 1.29 is 14.2 Å². The fraction of sp³-hybridized carbons (Fsp3) is 0.300. The van der Waals surface area contributed by atoms with Gasteiger partial charge in [-0.1, -0.05) is 22.9 Å². The predicted octanol–water partition coefficient (Wildman–Crippen LogP) is 4.51. The number of nitrogens with zero attached hydrogens (tertiary/aromatic N) is 3. The van der Waals surface area contributed by atoms with Crippen LogP contribution in [0.25, 0.3) is 0 Å². The third-order valence-electron chi connectivity index (χ3n) is 4.49. The van der Waals surface area contributed by atoms with E-state index < -0.39 is 5.79 Å². The second-order valence-electron chi connectivity index (χ2n) is 6.39. The van der Waals surface area contributed by atoms with Gasteiger partial charge in [-0.15, -0.1) is 0 Å². The van der Waals surface area contributed by atoms with Crippen molar-refractivity contribution in [2.45, 2.75) is 31.8 Å². The maximum Gasteiger partial charge on any atom is 0.215 e. The molecule has 27 heavy (non-hydrogen) atoms. The van der Waals surface area contributed by atoms with E-state index in [1.165, 1.54) is 6.33 Å². The van der Waals surface area contributed by atoms with Crippen LogP contribution >= 0.6 is 15.9 Å². The molecule has 0 saturated carbocycles. The van der Waals surface area contributed by atoms with Gasteiger partial charge in [0.2, 0.25) is 5.79 Å². The smallest absolute Gasteiger partial charge is 0.215 e. The molecule has 1 saturated heterocycles. The lowest BCUT2D eigenvalue weighted by atomic mass is 10.1. The quantitative estimate of drug-likeness (QED) is 0.576. The van der Waals surface area contributed by atoms with Gasteiger partial charge >= 0.3 is 0 Å². The maximum atomic E-state index is 6.27. The molecule has 1 aromatic heterocycles. The minimum atomic E-state index is -0.871. The Morgan fingerprint density at radius 1 is 1.15 bits per heavy atom. The summed E-state index contributed by atoms with van der Waals surface area (Å²) in [5.41, 5.74) is 0.928. The van der Waals surface area contributed by atoms with Crippen LogP contribution in [0.4, 0.5) is 0 Å². The van der Waals surface area contributed by atoms with Crippen molar-refractivity contribution in [3.63, 3.8) is 0 Å². The Balaban J connectivity index is 1.56. The number of benzene rings is 2. The van der Waals surface area contributed by atoms with Crippen molar-refractivity contribution in [2.24, 2.45) is 0 Å². The van der Waals surface area contributed by atoms with Gasteiger partial charge in [-0.25, -0.2) is 9.67 Å². The van der Waals surface area contributed by atoms with Crippen LogP contribution in [0.2, 0.25) is 0 Å². The van der Waals surface area contributed by atoms with E-state index in [9.17, 15) is 0 Å². The van der Waals surface area contributed by atoms with Crippen LogP contribution in [-0.4, -0.2) is 27.5 Å². The first kappa shape index (κ1) is 18.2. The first-order chi connectivity index (χ1) is 13.2.